The molecule has 0 radical (unpaired) electrons. The fourth-order valence-corrected chi connectivity index (χ4v) is 2.64. The number of carboxylic acid groups (broad SMARTS) is 1. The molecule has 0 atom stereocenters. The average molecular weight is 418 g/mol. The van der Waals surface area contributed by atoms with E-state index in [1.54, 1.807) is 24.5 Å². The Hall–Kier alpha value is -4.74. The number of aromatic nitrogens is 7. The second-order valence-electron chi connectivity index (χ2n) is 6.23. The summed E-state index contributed by atoms with van der Waals surface area (Å²) in [5.41, 5.74) is 0.522. The molecule has 4 rings (SSSR count). The third-order valence-electron chi connectivity index (χ3n) is 4.23. The zero-order valence-corrected chi connectivity index (χ0v) is 15.8. The topological polar surface area (TPSA) is 158 Å². The lowest BCUT2D eigenvalue weighted by Gasteiger charge is -2.05. The molecule has 12 heteroatoms. The number of hydrogen-bond acceptors (Lipinski definition) is 8. The van der Waals surface area contributed by atoms with Crippen LogP contribution in [0.15, 0.2) is 65.8 Å². The van der Waals surface area contributed by atoms with Crippen molar-refractivity contribution in [1.82, 2.24) is 40.3 Å². The first-order valence-corrected chi connectivity index (χ1v) is 8.92. The zero-order chi connectivity index (χ0) is 21.8. The van der Waals surface area contributed by atoms with Crippen LogP contribution >= 0.6 is 0 Å². The zero-order valence-electron chi connectivity index (χ0n) is 15.8. The van der Waals surface area contributed by atoms with Crippen molar-refractivity contribution in [3.63, 3.8) is 0 Å². The van der Waals surface area contributed by atoms with Crippen LogP contribution in [0.5, 0.6) is 0 Å². The Morgan fingerprint density at radius 3 is 2.45 bits per heavy atom. The summed E-state index contributed by atoms with van der Waals surface area (Å²) in [6.45, 7) is 0.226. The van der Waals surface area contributed by atoms with E-state index in [0.29, 0.717) is 5.69 Å². The predicted molar refractivity (Wildman–Crippen MR) is 105 cm³/mol. The molecule has 0 aliphatic rings. The molecule has 0 saturated heterocycles. The van der Waals surface area contributed by atoms with Gasteiger partial charge in [-0.3, -0.25) is 14.6 Å². The van der Waals surface area contributed by atoms with Gasteiger partial charge in [0.2, 0.25) is 0 Å². The van der Waals surface area contributed by atoms with Crippen LogP contribution in [0, 0.1) is 0 Å². The molecule has 1 aromatic carbocycles. The molecule has 31 heavy (non-hydrogen) atoms. The Morgan fingerprint density at radius 1 is 1.00 bits per heavy atom. The van der Waals surface area contributed by atoms with Crippen molar-refractivity contribution in [3.05, 3.63) is 88.1 Å². The number of tetrazole rings is 1. The van der Waals surface area contributed by atoms with Gasteiger partial charge in [-0.05, 0) is 53.2 Å². The van der Waals surface area contributed by atoms with E-state index in [4.69, 9.17) is 5.11 Å². The van der Waals surface area contributed by atoms with Gasteiger partial charge in [-0.15, -0.1) is 9.90 Å². The highest BCUT2D eigenvalue weighted by Crippen LogP contribution is 2.08. The van der Waals surface area contributed by atoms with Gasteiger partial charge in [0.25, 0.3) is 17.4 Å². The molecular weight excluding hydrogens is 404 g/mol. The molecule has 12 nitrogen and oxygen atoms in total. The smallest absolute Gasteiger partial charge is 0.335 e. The van der Waals surface area contributed by atoms with Crippen molar-refractivity contribution in [1.29, 1.82) is 0 Å². The lowest BCUT2D eigenvalue weighted by atomic mass is 10.2. The highest BCUT2D eigenvalue weighted by Gasteiger charge is 2.17. The van der Waals surface area contributed by atoms with Gasteiger partial charge in [-0.25, -0.2) is 4.79 Å². The summed E-state index contributed by atoms with van der Waals surface area (Å²) >= 11 is 0. The van der Waals surface area contributed by atoms with Gasteiger partial charge in [0, 0.05) is 25.1 Å². The second kappa shape index (κ2) is 8.32. The summed E-state index contributed by atoms with van der Waals surface area (Å²) in [4.78, 5) is 41.2. The molecule has 0 saturated carbocycles. The minimum absolute atomic E-state index is 0.104. The largest absolute Gasteiger partial charge is 0.478 e. The molecule has 0 aliphatic carbocycles. The van der Waals surface area contributed by atoms with E-state index >= 15 is 0 Å². The normalized spacial score (nSPS) is 10.6. The maximum Gasteiger partial charge on any atom is 0.335 e. The van der Waals surface area contributed by atoms with Gasteiger partial charge in [0.1, 0.15) is 5.56 Å². The Balaban J connectivity index is 1.56. The second-order valence-corrected chi connectivity index (χ2v) is 6.23. The van der Waals surface area contributed by atoms with Crippen LogP contribution in [-0.2, 0) is 6.54 Å². The summed E-state index contributed by atoms with van der Waals surface area (Å²) in [5, 5.41) is 27.3. The number of hydrogen-bond donors (Lipinski definition) is 2. The fourth-order valence-electron chi connectivity index (χ4n) is 2.64. The number of carbonyl (C=O) groups is 2. The van der Waals surface area contributed by atoms with Crippen LogP contribution in [0.2, 0.25) is 0 Å². The van der Waals surface area contributed by atoms with Crippen molar-refractivity contribution in [2.45, 2.75) is 6.54 Å². The first-order valence-electron chi connectivity index (χ1n) is 8.92. The SMILES string of the molecule is O=C(O)c1ccc(-n2nnc(-n3nccc(C(=O)NCc4ccncc4)c3=O)n2)cc1. The van der Waals surface area contributed by atoms with Crippen molar-refractivity contribution in [2.24, 2.45) is 0 Å². The van der Waals surface area contributed by atoms with E-state index in [2.05, 4.69) is 30.8 Å². The number of pyridine rings is 1. The first-order chi connectivity index (χ1) is 15.0. The monoisotopic (exact) mass is 418 g/mol. The van der Waals surface area contributed by atoms with E-state index in [9.17, 15) is 14.4 Å². The summed E-state index contributed by atoms with van der Waals surface area (Å²) in [6.07, 6.45) is 4.49. The summed E-state index contributed by atoms with van der Waals surface area (Å²) in [5.74, 6) is -1.78. The molecule has 0 bridgehead atoms. The van der Waals surface area contributed by atoms with E-state index in [-0.39, 0.29) is 23.6 Å². The molecule has 1 amide bonds. The van der Waals surface area contributed by atoms with E-state index in [0.717, 1.165) is 15.0 Å². The maximum absolute atomic E-state index is 12.7. The van der Waals surface area contributed by atoms with E-state index in [1.807, 2.05) is 0 Å². The van der Waals surface area contributed by atoms with E-state index in [1.165, 1.54) is 36.5 Å². The lowest BCUT2D eigenvalue weighted by molar-refractivity contribution is 0.0696. The first kappa shape index (κ1) is 19.6. The molecule has 154 valence electrons. The number of benzene rings is 1. The number of aromatic carboxylic acids is 1. The van der Waals surface area contributed by atoms with Gasteiger partial charge in [0.05, 0.1) is 11.3 Å². The molecule has 2 N–H and O–H groups in total. The molecule has 3 aromatic heterocycles. The van der Waals surface area contributed by atoms with Crippen molar-refractivity contribution < 1.29 is 14.7 Å². The van der Waals surface area contributed by atoms with Gasteiger partial charge in [-0.2, -0.15) is 9.78 Å². The molecule has 0 spiro atoms. The minimum Gasteiger partial charge on any atom is -0.478 e. The molecule has 4 aromatic rings. The fraction of sp³-hybridized carbons (Fsp3) is 0.0526. The number of amides is 1. The number of rotatable bonds is 6. The summed E-state index contributed by atoms with van der Waals surface area (Å²) < 4.78 is 0.858. The predicted octanol–water partition coefficient (Wildman–Crippen LogP) is 0.231. The number of nitrogens with one attached hydrogen (secondary N) is 1. The third kappa shape index (κ3) is 4.17. The van der Waals surface area contributed by atoms with E-state index < -0.39 is 17.4 Å². The van der Waals surface area contributed by atoms with Crippen molar-refractivity contribution in [3.8, 4) is 11.6 Å². The summed E-state index contributed by atoms with van der Waals surface area (Å²) in [6, 6.07) is 10.6. The molecule has 3 heterocycles. The highest BCUT2D eigenvalue weighted by molar-refractivity contribution is 5.93. The maximum atomic E-state index is 12.7. The average Bonchev–Trinajstić information content (AvgIpc) is 3.28. The van der Waals surface area contributed by atoms with Gasteiger partial charge in [-0.1, -0.05) is 5.10 Å². The Labute approximate surface area is 173 Å². The standard InChI is InChI=1S/C19H14N8O4/c28-16(21-11-12-5-8-20-9-6-12)15-7-10-22-26(17(15)29)19-23-25-27(24-19)14-3-1-13(2-4-14)18(30)31/h1-10H,11H2,(H,21,28)(H,30,31). The summed E-state index contributed by atoms with van der Waals surface area (Å²) in [7, 11) is 0. The molecule has 0 unspecified atom stereocenters. The van der Waals surface area contributed by atoms with Crippen LogP contribution in [0.1, 0.15) is 26.3 Å². The lowest BCUT2D eigenvalue weighted by Crippen LogP contribution is -2.33. The minimum atomic E-state index is -1.06. The van der Waals surface area contributed by atoms with Gasteiger partial charge < -0.3 is 10.4 Å². The number of carbonyl (C=O) groups excluding carboxylic acids is 1. The molecule has 0 fully saturated rings. The van der Waals surface area contributed by atoms with Gasteiger partial charge in [0.15, 0.2) is 0 Å². The van der Waals surface area contributed by atoms with Crippen LogP contribution in [0.3, 0.4) is 0 Å². The van der Waals surface area contributed by atoms with Crippen LogP contribution in [0.4, 0.5) is 0 Å². The van der Waals surface area contributed by atoms with Crippen LogP contribution < -0.4 is 10.9 Å². The highest BCUT2D eigenvalue weighted by atomic mass is 16.4. The number of carboxylic acids is 1. The van der Waals surface area contributed by atoms with Crippen molar-refractivity contribution in [2.75, 3.05) is 0 Å². The van der Waals surface area contributed by atoms with Gasteiger partial charge >= 0.3 is 5.97 Å². The van der Waals surface area contributed by atoms with Crippen molar-refractivity contribution >= 4 is 11.9 Å². The Bertz CT molecular complexity index is 1300. The van der Waals surface area contributed by atoms with Crippen LogP contribution in [-0.4, -0.2) is 52.0 Å². The van der Waals surface area contributed by atoms with Crippen LogP contribution in [0.25, 0.3) is 11.6 Å². The quantitative estimate of drug-likeness (QED) is 0.447. The Kier molecular flexibility index (Phi) is 5.26. The Morgan fingerprint density at radius 2 is 1.74 bits per heavy atom. The molecule has 0 aliphatic heterocycles. The number of nitrogens with zero attached hydrogens (tertiary/aromatic N) is 7. The molecular formula is C19H14N8O4. The third-order valence-corrected chi connectivity index (χ3v) is 4.23.